The van der Waals surface area contributed by atoms with Crippen LogP contribution in [0.4, 0.5) is 0 Å². The van der Waals surface area contributed by atoms with E-state index < -0.39 is 0 Å². The van der Waals surface area contributed by atoms with E-state index in [2.05, 4.69) is 24.1 Å². The standard InChI is InChI=1S/C16H24Cl2N2O2/c1-11(16(2,3)10-20(4)5)19-15(21)9-22-14-8-12(17)6-7-13(14)18/h6-8,11H,9-10H2,1-5H3,(H,19,21). The van der Waals surface area contributed by atoms with Crippen molar-refractivity contribution >= 4 is 29.1 Å². The molecular formula is C16H24Cl2N2O2. The SMILES string of the molecule is CC(NC(=O)COc1cc(Cl)ccc1Cl)C(C)(C)CN(C)C. The van der Waals surface area contributed by atoms with Crippen molar-refractivity contribution in [2.45, 2.75) is 26.8 Å². The minimum atomic E-state index is -0.185. The summed E-state index contributed by atoms with van der Waals surface area (Å²) in [5, 5.41) is 3.91. The number of carbonyl (C=O) groups excluding carboxylic acids is 1. The van der Waals surface area contributed by atoms with Gasteiger partial charge in [0, 0.05) is 23.7 Å². The first-order valence-corrected chi connectivity index (χ1v) is 7.89. The van der Waals surface area contributed by atoms with Crippen LogP contribution in [0.5, 0.6) is 5.75 Å². The van der Waals surface area contributed by atoms with Gasteiger partial charge in [-0.1, -0.05) is 37.0 Å². The monoisotopic (exact) mass is 346 g/mol. The topological polar surface area (TPSA) is 41.6 Å². The third-order valence-corrected chi connectivity index (χ3v) is 4.07. The second-order valence-electron chi connectivity index (χ2n) is 6.38. The summed E-state index contributed by atoms with van der Waals surface area (Å²) >= 11 is 11.9. The Balaban J connectivity index is 2.54. The lowest BCUT2D eigenvalue weighted by molar-refractivity contribution is -0.124. The van der Waals surface area contributed by atoms with Gasteiger partial charge in [0.2, 0.25) is 0 Å². The van der Waals surface area contributed by atoms with Gasteiger partial charge in [-0.25, -0.2) is 0 Å². The van der Waals surface area contributed by atoms with Gasteiger partial charge in [0.25, 0.3) is 5.91 Å². The van der Waals surface area contributed by atoms with E-state index >= 15 is 0 Å². The molecule has 22 heavy (non-hydrogen) atoms. The minimum Gasteiger partial charge on any atom is -0.482 e. The van der Waals surface area contributed by atoms with Gasteiger partial charge in [-0.05, 0) is 38.6 Å². The molecule has 0 aliphatic heterocycles. The fourth-order valence-electron chi connectivity index (χ4n) is 2.16. The van der Waals surface area contributed by atoms with Crippen molar-refractivity contribution in [3.05, 3.63) is 28.2 Å². The number of carbonyl (C=O) groups is 1. The third-order valence-electron chi connectivity index (χ3n) is 3.53. The number of halogens is 2. The van der Waals surface area contributed by atoms with E-state index in [0.717, 1.165) is 6.54 Å². The zero-order valence-electron chi connectivity index (χ0n) is 13.7. The Morgan fingerprint density at radius 2 is 2.00 bits per heavy atom. The fraction of sp³-hybridized carbons (Fsp3) is 0.562. The third kappa shape index (κ3) is 6.03. The fourth-order valence-corrected chi connectivity index (χ4v) is 2.50. The molecule has 4 nitrogen and oxygen atoms in total. The summed E-state index contributed by atoms with van der Waals surface area (Å²) in [6.07, 6.45) is 0. The molecule has 0 saturated carbocycles. The molecule has 6 heteroatoms. The minimum absolute atomic E-state index is 0.0147. The van der Waals surface area contributed by atoms with Crippen LogP contribution >= 0.6 is 23.2 Å². The molecule has 124 valence electrons. The maximum Gasteiger partial charge on any atom is 0.258 e. The molecular weight excluding hydrogens is 323 g/mol. The number of benzene rings is 1. The normalized spacial score (nSPS) is 13.1. The van der Waals surface area contributed by atoms with Gasteiger partial charge in [-0.2, -0.15) is 0 Å². The molecule has 0 radical (unpaired) electrons. The van der Waals surface area contributed by atoms with Crippen LogP contribution in [-0.2, 0) is 4.79 Å². The maximum atomic E-state index is 12.0. The summed E-state index contributed by atoms with van der Waals surface area (Å²) in [5.74, 6) is 0.222. The zero-order chi connectivity index (χ0) is 16.9. The highest BCUT2D eigenvalue weighted by molar-refractivity contribution is 6.34. The van der Waals surface area contributed by atoms with Crippen LogP contribution in [0, 0.1) is 5.41 Å². The Morgan fingerprint density at radius 3 is 2.59 bits per heavy atom. The van der Waals surface area contributed by atoms with Crippen molar-refractivity contribution in [1.82, 2.24) is 10.2 Å². The molecule has 1 aromatic rings. The van der Waals surface area contributed by atoms with Crippen LogP contribution in [0.25, 0.3) is 0 Å². The van der Waals surface area contributed by atoms with Gasteiger partial charge in [-0.3, -0.25) is 4.79 Å². The molecule has 1 amide bonds. The molecule has 1 rings (SSSR count). The van der Waals surface area contributed by atoms with Crippen molar-refractivity contribution in [1.29, 1.82) is 0 Å². The number of amides is 1. The first-order chi connectivity index (χ1) is 10.1. The van der Waals surface area contributed by atoms with Crippen LogP contribution in [-0.4, -0.2) is 44.1 Å². The predicted molar refractivity (Wildman–Crippen MR) is 91.9 cm³/mol. The molecule has 0 aliphatic rings. The Labute approximate surface area is 142 Å². The quantitative estimate of drug-likeness (QED) is 0.821. The molecule has 0 spiro atoms. The molecule has 1 unspecified atom stereocenters. The largest absolute Gasteiger partial charge is 0.482 e. The summed E-state index contributed by atoms with van der Waals surface area (Å²) in [6, 6.07) is 4.92. The van der Waals surface area contributed by atoms with Crippen molar-refractivity contribution in [3.63, 3.8) is 0 Å². The van der Waals surface area contributed by atoms with E-state index in [4.69, 9.17) is 27.9 Å². The molecule has 0 heterocycles. The molecule has 0 aliphatic carbocycles. The molecule has 1 aromatic carbocycles. The van der Waals surface area contributed by atoms with Crippen LogP contribution in [0.1, 0.15) is 20.8 Å². The maximum absolute atomic E-state index is 12.0. The second-order valence-corrected chi connectivity index (χ2v) is 7.22. The van der Waals surface area contributed by atoms with Crippen LogP contribution in [0.15, 0.2) is 18.2 Å². The Hall–Kier alpha value is -0.970. The van der Waals surface area contributed by atoms with E-state index in [1.165, 1.54) is 0 Å². The molecule has 0 aromatic heterocycles. The van der Waals surface area contributed by atoms with Gasteiger partial charge in [0.15, 0.2) is 6.61 Å². The number of rotatable bonds is 7. The van der Waals surface area contributed by atoms with E-state index in [-0.39, 0.29) is 24.0 Å². The molecule has 0 bridgehead atoms. The molecule has 1 N–H and O–H groups in total. The first-order valence-electron chi connectivity index (χ1n) is 7.14. The average molecular weight is 347 g/mol. The van der Waals surface area contributed by atoms with Gasteiger partial charge in [0.1, 0.15) is 5.75 Å². The van der Waals surface area contributed by atoms with E-state index in [1.54, 1.807) is 18.2 Å². The smallest absolute Gasteiger partial charge is 0.258 e. The number of nitrogens with one attached hydrogen (secondary N) is 1. The lowest BCUT2D eigenvalue weighted by Crippen LogP contribution is -2.48. The average Bonchev–Trinajstić information content (AvgIpc) is 2.38. The summed E-state index contributed by atoms with van der Waals surface area (Å²) in [6.45, 7) is 7.00. The van der Waals surface area contributed by atoms with Gasteiger partial charge >= 0.3 is 0 Å². The predicted octanol–water partition coefficient (Wildman–Crippen LogP) is 3.46. The number of hydrogen-bond donors (Lipinski definition) is 1. The van der Waals surface area contributed by atoms with Gasteiger partial charge < -0.3 is 15.0 Å². The molecule has 0 fully saturated rings. The van der Waals surface area contributed by atoms with Crippen molar-refractivity contribution in [2.75, 3.05) is 27.2 Å². The highest BCUT2D eigenvalue weighted by Gasteiger charge is 2.27. The molecule has 0 saturated heterocycles. The van der Waals surface area contributed by atoms with Gasteiger partial charge in [0.05, 0.1) is 5.02 Å². The van der Waals surface area contributed by atoms with Gasteiger partial charge in [-0.15, -0.1) is 0 Å². The van der Waals surface area contributed by atoms with E-state index in [0.29, 0.717) is 15.8 Å². The first kappa shape index (κ1) is 19.1. The van der Waals surface area contributed by atoms with Crippen LogP contribution in [0.2, 0.25) is 10.0 Å². The zero-order valence-corrected chi connectivity index (χ0v) is 15.3. The van der Waals surface area contributed by atoms with Crippen molar-refractivity contribution < 1.29 is 9.53 Å². The summed E-state index contributed by atoms with van der Waals surface area (Å²) in [4.78, 5) is 14.1. The van der Waals surface area contributed by atoms with Crippen LogP contribution < -0.4 is 10.1 Å². The Bertz CT molecular complexity index is 519. The van der Waals surface area contributed by atoms with E-state index in [1.807, 2.05) is 21.0 Å². The summed E-state index contributed by atoms with van der Waals surface area (Å²) in [5.41, 5.74) is -0.0487. The van der Waals surface area contributed by atoms with Crippen molar-refractivity contribution in [2.24, 2.45) is 5.41 Å². The number of ether oxygens (including phenoxy) is 1. The van der Waals surface area contributed by atoms with Crippen LogP contribution in [0.3, 0.4) is 0 Å². The highest BCUT2D eigenvalue weighted by atomic mass is 35.5. The second kappa shape index (κ2) is 8.04. The highest BCUT2D eigenvalue weighted by Crippen LogP contribution is 2.27. The van der Waals surface area contributed by atoms with Crippen molar-refractivity contribution in [3.8, 4) is 5.75 Å². The Morgan fingerprint density at radius 1 is 1.36 bits per heavy atom. The summed E-state index contributed by atoms with van der Waals surface area (Å²) in [7, 11) is 4.03. The van der Waals surface area contributed by atoms with E-state index in [9.17, 15) is 4.79 Å². The Kier molecular flexibility index (Phi) is 6.98. The molecule has 1 atom stereocenters. The number of nitrogens with zero attached hydrogens (tertiary/aromatic N) is 1. The summed E-state index contributed by atoms with van der Waals surface area (Å²) < 4.78 is 5.44. The number of hydrogen-bond acceptors (Lipinski definition) is 3. The lowest BCUT2D eigenvalue weighted by Gasteiger charge is -2.34. The lowest BCUT2D eigenvalue weighted by atomic mass is 9.85.